The first-order chi connectivity index (χ1) is 7.04. The maximum absolute atomic E-state index is 5.55. The Balaban J connectivity index is 2.98. The third-order valence-electron chi connectivity index (χ3n) is 2.52. The Morgan fingerprint density at radius 3 is 2.47 bits per heavy atom. The van der Waals surface area contributed by atoms with Crippen LogP contribution in [0, 0.1) is 6.92 Å². The van der Waals surface area contributed by atoms with E-state index in [2.05, 4.69) is 36.8 Å². The van der Waals surface area contributed by atoms with Crippen LogP contribution in [0.4, 0.5) is 0 Å². The van der Waals surface area contributed by atoms with Gasteiger partial charge in [0.15, 0.2) is 0 Å². The van der Waals surface area contributed by atoms with Gasteiger partial charge < -0.3 is 5.73 Å². The summed E-state index contributed by atoms with van der Waals surface area (Å²) in [6, 6.07) is 2.06. The zero-order chi connectivity index (χ0) is 11.4. The van der Waals surface area contributed by atoms with Gasteiger partial charge in [-0.2, -0.15) is 0 Å². The van der Waals surface area contributed by atoms with E-state index in [1.807, 2.05) is 6.92 Å². The van der Waals surface area contributed by atoms with Crippen molar-refractivity contribution in [3.05, 3.63) is 23.3 Å². The van der Waals surface area contributed by atoms with E-state index in [9.17, 15) is 0 Å². The Bertz CT molecular complexity index is 321. The Labute approximate surface area is 92.1 Å². The molecule has 1 aromatic heterocycles. The van der Waals surface area contributed by atoms with Crippen LogP contribution in [0.5, 0.6) is 0 Å². The second-order valence-electron chi connectivity index (χ2n) is 4.43. The highest BCUT2D eigenvalue weighted by Gasteiger charge is 2.11. The van der Waals surface area contributed by atoms with Gasteiger partial charge in [0.2, 0.25) is 0 Å². The molecule has 1 atom stereocenters. The van der Waals surface area contributed by atoms with Gasteiger partial charge in [0.05, 0.1) is 0 Å². The fourth-order valence-corrected chi connectivity index (χ4v) is 1.51. The number of nitrogens with two attached hydrogens (primary N) is 1. The summed E-state index contributed by atoms with van der Waals surface area (Å²) < 4.78 is 0. The van der Waals surface area contributed by atoms with E-state index in [1.165, 1.54) is 0 Å². The molecule has 2 N–H and O–H groups in total. The molecule has 0 amide bonds. The molecule has 0 fully saturated rings. The second kappa shape index (κ2) is 5.21. The Morgan fingerprint density at radius 2 is 1.93 bits per heavy atom. The zero-order valence-corrected chi connectivity index (χ0v) is 10.1. The van der Waals surface area contributed by atoms with Crippen LogP contribution < -0.4 is 5.73 Å². The number of aryl methyl sites for hydroxylation is 1. The van der Waals surface area contributed by atoms with E-state index in [4.69, 9.17) is 5.73 Å². The Morgan fingerprint density at radius 1 is 1.27 bits per heavy atom. The molecule has 0 aliphatic carbocycles. The van der Waals surface area contributed by atoms with Gasteiger partial charge in [-0.15, -0.1) is 0 Å². The summed E-state index contributed by atoms with van der Waals surface area (Å²) in [6.45, 7) is 9.14. The van der Waals surface area contributed by atoms with Gasteiger partial charge in [-0.25, -0.2) is 9.97 Å². The van der Waals surface area contributed by atoms with Gasteiger partial charge in [0.25, 0.3) is 0 Å². The topological polar surface area (TPSA) is 51.8 Å². The van der Waals surface area contributed by atoms with E-state index < -0.39 is 0 Å². The fraction of sp³-hybridized carbons (Fsp3) is 0.667. The maximum Gasteiger partial charge on any atom is 0.131 e. The molecule has 0 aliphatic rings. The molecular weight excluding hydrogens is 186 g/mol. The molecule has 3 nitrogen and oxygen atoms in total. The summed E-state index contributed by atoms with van der Waals surface area (Å²) >= 11 is 0. The summed E-state index contributed by atoms with van der Waals surface area (Å²) in [7, 11) is 0. The van der Waals surface area contributed by atoms with Crippen LogP contribution in [-0.4, -0.2) is 16.5 Å². The van der Waals surface area contributed by atoms with Crippen molar-refractivity contribution in [3.63, 3.8) is 0 Å². The van der Waals surface area contributed by atoms with E-state index >= 15 is 0 Å². The van der Waals surface area contributed by atoms with Crippen molar-refractivity contribution in [1.82, 2.24) is 9.97 Å². The van der Waals surface area contributed by atoms with Crippen LogP contribution >= 0.6 is 0 Å². The molecular formula is C12H21N3. The molecule has 1 heterocycles. The lowest BCUT2D eigenvalue weighted by Crippen LogP contribution is -2.10. The molecule has 84 valence electrons. The molecule has 0 aliphatic heterocycles. The second-order valence-corrected chi connectivity index (χ2v) is 4.43. The number of aromatic nitrogens is 2. The predicted octanol–water partition coefficient (Wildman–Crippen LogP) is 2.36. The van der Waals surface area contributed by atoms with Crippen LogP contribution in [0.15, 0.2) is 6.07 Å². The summed E-state index contributed by atoms with van der Waals surface area (Å²) in [5, 5.41) is 0. The Hall–Kier alpha value is -0.960. The number of nitrogens with zero attached hydrogens (tertiary/aromatic N) is 2. The number of hydrogen-bond acceptors (Lipinski definition) is 3. The normalized spacial score (nSPS) is 13.2. The first-order valence-corrected chi connectivity index (χ1v) is 5.60. The molecule has 0 saturated carbocycles. The molecule has 0 radical (unpaired) electrons. The van der Waals surface area contributed by atoms with Gasteiger partial charge in [-0.05, 0) is 31.9 Å². The van der Waals surface area contributed by atoms with Crippen molar-refractivity contribution in [2.24, 2.45) is 5.73 Å². The highest BCUT2D eigenvalue weighted by molar-refractivity contribution is 5.14. The fourth-order valence-electron chi connectivity index (χ4n) is 1.51. The van der Waals surface area contributed by atoms with Gasteiger partial charge in [-0.1, -0.05) is 20.8 Å². The van der Waals surface area contributed by atoms with Crippen molar-refractivity contribution >= 4 is 0 Å². The molecule has 0 spiro atoms. The van der Waals surface area contributed by atoms with Crippen LogP contribution in [0.1, 0.15) is 56.2 Å². The highest BCUT2D eigenvalue weighted by atomic mass is 14.9. The monoisotopic (exact) mass is 207 g/mol. The van der Waals surface area contributed by atoms with Crippen molar-refractivity contribution in [2.45, 2.75) is 46.0 Å². The number of hydrogen-bond donors (Lipinski definition) is 1. The van der Waals surface area contributed by atoms with Crippen molar-refractivity contribution in [3.8, 4) is 0 Å². The molecule has 1 unspecified atom stereocenters. The zero-order valence-electron chi connectivity index (χ0n) is 10.1. The summed E-state index contributed by atoms with van der Waals surface area (Å²) in [5.41, 5.74) is 7.72. The van der Waals surface area contributed by atoms with E-state index in [1.54, 1.807) is 0 Å². The molecule has 0 aromatic carbocycles. The van der Waals surface area contributed by atoms with Gasteiger partial charge in [-0.3, -0.25) is 0 Å². The quantitative estimate of drug-likeness (QED) is 0.824. The van der Waals surface area contributed by atoms with Crippen molar-refractivity contribution < 1.29 is 0 Å². The minimum Gasteiger partial charge on any atom is -0.330 e. The highest BCUT2D eigenvalue weighted by Crippen LogP contribution is 2.18. The third-order valence-corrected chi connectivity index (χ3v) is 2.52. The van der Waals surface area contributed by atoms with E-state index in [-0.39, 0.29) is 0 Å². The molecule has 1 aromatic rings. The molecule has 3 heteroatoms. The molecule has 0 saturated heterocycles. The van der Waals surface area contributed by atoms with Gasteiger partial charge in [0.1, 0.15) is 5.82 Å². The lowest BCUT2D eigenvalue weighted by molar-refractivity contribution is 0.632. The number of rotatable bonds is 4. The summed E-state index contributed by atoms with van der Waals surface area (Å²) in [5.74, 6) is 1.74. The van der Waals surface area contributed by atoms with Crippen molar-refractivity contribution in [1.29, 1.82) is 0 Å². The van der Waals surface area contributed by atoms with Crippen LogP contribution in [-0.2, 0) is 0 Å². The predicted molar refractivity (Wildman–Crippen MR) is 62.9 cm³/mol. The Kier molecular flexibility index (Phi) is 4.21. The molecule has 1 rings (SSSR count). The SMILES string of the molecule is Cc1cc(C(C)C)nc(C(C)CCN)n1. The minimum atomic E-state index is 0.354. The minimum absolute atomic E-state index is 0.354. The van der Waals surface area contributed by atoms with E-state index in [0.29, 0.717) is 18.4 Å². The average Bonchev–Trinajstić information content (AvgIpc) is 2.17. The average molecular weight is 207 g/mol. The summed E-state index contributed by atoms with van der Waals surface area (Å²) in [4.78, 5) is 9.05. The lowest BCUT2D eigenvalue weighted by atomic mass is 10.1. The third kappa shape index (κ3) is 3.27. The largest absolute Gasteiger partial charge is 0.330 e. The van der Waals surface area contributed by atoms with Crippen LogP contribution in [0.2, 0.25) is 0 Å². The molecule has 0 bridgehead atoms. The van der Waals surface area contributed by atoms with Crippen LogP contribution in [0.3, 0.4) is 0 Å². The first kappa shape index (κ1) is 12.1. The molecule has 15 heavy (non-hydrogen) atoms. The maximum atomic E-state index is 5.55. The van der Waals surface area contributed by atoms with Gasteiger partial charge in [0, 0.05) is 17.3 Å². The summed E-state index contributed by atoms with van der Waals surface area (Å²) in [6.07, 6.45) is 0.945. The smallest absolute Gasteiger partial charge is 0.131 e. The first-order valence-electron chi connectivity index (χ1n) is 5.60. The standard InChI is InChI=1S/C12H21N3/c1-8(2)11-7-10(4)14-12(15-11)9(3)5-6-13/h7-9H,5-6,13H2,1-4H3. The van der Waals surface area contributed by atoms with E-state index in [0.717, 1.165) is 23.6 Å². The van der Waals surface area contributed by atoms with Crippen LogP contribution in [0.25, 0.3) is 0 Å². The van der Waals surface area contributed by atoms with Gasteiger partial charge >= 0.3 is 0 Å². The van der Waals surface area contributed by atoms with Crippen molar-refractivity contribution in [2.75, 3.05) is 6.54 Å². The lowest BCUT2D eigenvalue weighted by Gasteiger charge is -2.12.